The first-order valence-corrected chi connectivity index (χ1v) is 10.8. The normalized spacial score (nSPS) is 14.1. The summed E-state index contributed by atoms with van der Waals surface area (Å²) in [5.41, 5.74) is 1.63. The van der Waals surface area contributed by atoms with E-state index in [-0.39, 0.29) is 24.0 Å². The second-order valence-corrected chi connectivity index (χ2v) is 8.33. The van der Waals surface area contributed by atoms with Gasteiger partial charge in [0.1, 0.15) is 11.6 Å². The molecule has 3 aromatic rings. The highest BCUT2D eigenvalue weighted by Gasteiger charge is 2.27. The van der Waals surface area contributed by atoms with Crippen molar-refractivity contribution >= 4 is 34.6 Å². The Hall–Kier alpha value is -3.26. The summed E-state index contributed by atoms with van der Waals surface area (Å²) in [6, 6.07) is 14.0. The molecule has 1 saturated heterocycles. The molecule has 160 valence electrons. The fraction of sp³-hybridized carbons (Fsp3) is 0.217. The van der Waals surface area contributed by atoms with Gasteiger partial charge < -0.3 is 10.2 Å². The molecule has 2 aromatic carbocycles. The number of benzene rings is 2. The quantitative estimate of drug-likeness (QED) is 0.583. The van der Waals surface area contributed by atoms with Gasteiger partial charge in [-0.2, -0.15) is 0 Å². The summed E-state index contributed by atoms with van der Waals surface area (Å²) in [6.07, 6.45) is 1.05. The zero-order valence-electron chi connectivity index (χ0n) is 16.7. The molecule has 3 amide bonds. The smallest absolute Gasteiger partial charge is 0.324 e. The Kier molecular flexibility index (Phi) is 6.27. The maximum atomic E-state index is 14.0. The molecule has 8 heteroatoms. The van der Waals surface area contributed by atoms with Gasteiger partial charge in [0.15, 0.2) is 0 Å². The minimum Gasteiger partial charge on any atom is -0.326 e. The lowest BCUT2D eigenvalue weighted by molar-refractivity contribution is -0.115. The summed E-state index contributed by atoms with van der Waals surface area (Å²) in [5.74, 6) is -1.40. The van der Waals surface area contributed by atoms with Crippen LogP contribution >= 0.6 is 11.3 Å². The Morgan fingerprint density at radius 3 is 2.58 bits per heavy atom. The van der Waals surface area contributed by atoms with E-state index < -0.39 is 11.6 Å². The molecule has 5 nitrogen and oxygen atoms in total. The monoisotopic (exact) mass is 441 g/mol. The number of hydrogen-bond acceptors (Lipinski definition) is 3. The van der Waals surface area contributed by atoms with E-state index in [1.165, 1.54) is 23.5 Å². The Balaban J connectivity index is 1.40. The number of nitrogens with one attached hydrogen (secondary N) is 1. The van der Waals surface area contributed by atoms with Crippen molar-refractivity contribution in [3.8, 4) is 0 Å². The van der Waals surface area contributed by atoms with Crippen LogP contribution in [-0.2, 0) is 17.8 Å². The van der Waals surface area contributed by atoms with Crippen molar-refractivity contribution in [1.29, 1.82) is 0 Å². The summed E-state index contributed by atoms with van der Waals surface area (Å²) in [7, 11) is 0. The Morgan fingerprint density at radius 2 is 1.87 bits per heavy atom. The summed E-state index contributed by atoms with van der Waals surface area (Å²) in [5, 5.41) is 4.79. The molecule has 1 aromatic heterocycles. The number of nitrogens with zero attached hydrogens (tertiary/aromatic N) is 2. The maximum Gasteiger partial charge on any atom is 0.324 e. The topological polar surface area (TPSA) is 52.7 Å². The van der Waals surface area contributed by atoms with E-state index in [9.17, 15) is 18.4 Å². The van der Waals surface area contributed by atoms with E-state index in [0.29, 0.717) is 30.9 Å². The summed E-state index contributed by atoms with van der Waals surface area (Å²) < 4.78 is 27.1. The Labute approximate surface area is 182 Å². The van der Waals surface area contributed by atoms with Gasteiger partial charge in [-0.05, 0) is 48.2 Å². The second kappa shape index (κ2) is 9.26. The van der Waals surface area contributed by atoms with Gasteiger partial charge in [-0.3, -0.25) is 9.69 Å². The molecule has 0 spiro atoms. The van der Waals surface area contributed by atoms with Gasteiger partial charge in [0.05, 0.1) is 13.0 Å². The van der Waals surface area contributed by atoms with Crippen LogP contribution in [0.15, 0.2) is 60.0 Å². The average molecular weight is 442 g/mol. The van der Waals surface area contributed by atoms with Crippen molar-refractivity contribution in [1.82, 2.24) is 4.90 Å². The third kappa shape index (κ3) is 5.08. The number of carbonyl (C=O) groups is 2. The first-order valence-electron chi connectivity index (χ1n) is 9.92. The first kappa shape index (κ1) is 21.0. The Morgan fingerprint density at radius 1 is 1.06 bits per heavy atom. The number of carbonyl (C=O) groups excluding carboxylic acids is 2. The van der Waals surface area contributed by atoms with Crippen LogP contribution in [0.1, 0.15) is 16.9 Å². The van der Waals surface area contributed by atoms with Gasteiger partial charge in [-0.15, -0.1) is 11.3 Å². The van der Waals surface area contributed by atoms with Crippen molar-refractivity contribution in [3.63, 3.8) is 0 Å². The highest BCUT2D eigenvalue weighted by molar-refractivity contribution is 7.10. The molecule has 0 radical (unpaired) electrons. The van der Waals surface area contributed by atoms with Gasteiger partial charge >= 0.3 is 6.03 Å². The van der Waals surface area contributed by atoms with E-state index >= 15 is 0 Å². The van der Waals surface area contributed by atoms with Crippen LogP contribution in [0, 0.1) is 11.6 Å². The molecular formula is C23H21F2N3O2S. The van der Waals surface area contributed by atoms with Crippen LogP contribution in [0.25, 0.3) is 0 Å². The summed E-state index contributed by atoms with van der Waals surface area (Å²) in [4.78, 5) is 29.3. The van der Waals surface area contributed by atoms with Crippen LogP contribution in [0.2, 0.25) is 0 Å². The van der Waals surface area contributed by atoms with Gasteiger partial charge in [0, 0.05) is 41.0 Å². The number of hydrogen-bond donors (Lipinski definition) is 1. The largest absolute Gasteiger partial charge is 0.326 e. The highest BCUT2D eigenvalue weighted by Crippen LogP contribution is 2.24. The van der Waals surface area contributed by atoms with Crippen LogP contribution in [0.4, 0.5) is 25.0 Å². The molecule has 0 aliphatic carbocycles. The number of amides is 3. The first-order chi connectivity index (χ1) is 15.0. The fourth-order valence-electron chi connectivity index (χ4n) is 3.52. The lowest BCUT2D eigenvalue weighted by atomic mass is 10.1. The van der Waals surface area contributed by atoms with E-state index in [1.54, 1.807) is 34.1 Å². The standard InChI is InChI=1S/C23H21F2N3O2S/c24-17-5-4-16(21(25)13-17)15-27-10-2-11-28(23(27)30)19-8-6-18(7-9-19)26-22(29)14-20-3-1-12-31-20/h1,3-9,12-13H,2,10-11,14-15H2,(H,26,29). The summed E-state index contributed by atoms with van der Waals surface area (Å²) in [6.45, 7) is 1.13. The van der Waals surface area contributed by atoms with Crippen LogP contribution in [0.3, 0.4) is 0 Å². The number of halogens is 2. The minimum atomic E-state index is -0.660. The third-order valence-corrected chi connectivity index (χ3v) is 5.94. The van der Waals surface area contributed by atoms with E-state index in [0.717, 1.165) is 17.4 Å². The predicted octanol–water partition coefficient (Wildman–Crippen LogP) is 5.04. The number of anilines is 2. The molecule has 1 fully saturated rings. The van der Waals surface area contributed by atoms with Gasteiger partial charge in [-0.1, -0.05) is 12.1 Å². The molecule has 31 heavy (non-hydrogen) atoms. The second-order valence-electron chi connectivity index (χ2n) is 7.30. The van der Waals surface area contributed by atoms with Crippen molar-refractivity contribution in [2.75, 3.05) is 23.3 Å². The maximum absolute atomic E-state index is 14.0. The molecule has 4 rings (SSSR count). The molecule has 0 saturated carbocycles. The number of thiophene rings is 1. The van der Waals surface area contributed by atoms with Crippen molar-refractivity contribution in [2.45, 2.75) is 19.4 Å². The lowest BCUT2D eigenvalue weighted by Crippen LogP contribution is -2.49. The predicted molar refractivity (Wildman–Crippen MR) is 117 cm³/mol. The van der Waals surface area contributed by atoms with E-state index in [1.807, 2.05) is 17.5 Å². The van der Waals surface area contributed by atoms with Crippen molar-refractivity contribution < 1.29 is 18.4 Å². The van der Waals surface area contributed by atoms with Gasteiger partial charge in [0.2, 0.25) is 5.91 Å². The van der Waals surface area contributed by atoms with Crippen molar-refractivity contribution in [3.05, 3.63) is 82.1 Å². The van der Waals surface area contributed by atoms with Gasteiger partial charge in [-0.25, -0.2) is 13.6 Å². The number of urea groups is 1. The molecule has 0 atom stereocenters. The lowest BCUT2D eigenvalue weighted by Gasteiger charge is -2.35. The average Bonchev–Trinajstić information content (AvgIpc) is 3.25. The fourth-order valence-corrected chi connectivity index (χ4v) is 4.23. The van der Waals surface area contributed by atoms with Crippen LogP contribution < -0.4 is 10.2 Å². The van der Waals surface area contributed by atoms with E-state index in [2.05, 4.69) is 5.32 Å². The number of rotatable bonds is 6. The van der Waals surface area contributed by atoms with Gasteiger partial charge in [0.25, 0.3) is 0 Å². The zero-order chi connectivity index (χ0) is 21.8. The highest BCUT2D eigenvalue weighted by atomic mass is 32.1. The molecule has 1 N–H and O–H groups in total. The molecule has 0 bridgehead atoms. The zero-order valence-corrected chi connectivity index (χ0v) is 17.5. The molecule has 1 aliphatic rings. The molecular weight excluding hydrogens is 420 g/mol. The summed E-state index contributed by atoms with van der Waals surface area (Å²) >= 11 is 1.53. The molecule has 1 aliphatic heterocycles. The third-order valence-electron chi connectivity index (χ3n) is 5.07. The van der Waals surface area contributed by atoms with Crippen molar-refractivity contribution in [2.24, 2.45) is 0 Å². The molecule has 2 heterocycles. The van der Waals surface area contributed by atoms with Crippen LogP contribution in [-0.4, -0.2) is 29.9 Å². The van der Waals surface area contributed by atoms with E-state index in [4.69, 9.17) is 0 Å². The SMILES string of the molecule is O=C(Cc1cccs1)Nc1ccc(N2CCCN(Cc3ccc(F)cc3F)C2=O)cc1. The minimum absolute atomic E-state index is 0.0817. The molecule has 0 unspecified atom stereocenters. The Bertz CT molecular complexity index is 1070. The van der Waals surface area contributed by atoms with Crippen LogP contribution in [0.5, 0.6) is 0 Å².